The fourth-order valence-electron chi connectivity index (χ4n) is 2.16. The number of benzene rings is 1. The van der Waals surface area contributed by atoms with E-state index >= 15 is 0 Å². The number of aromatic nitrogens is 2. The molecule has 0 atom stereocenters. The Morgan fingerprint density at radius 1 is 1.13 bits per heavy atom. The number of anilines is 2. The Hall–Kier alpha value is -2.43. The van der Waals surface area contributed by atoms with Gasteiger partial charge in [0.25, 0.3) is 5.91 Å². The predicted octanol–water partition coefficient (Wildman–Crippen LogP) is 3.81. The van der Waals surface area contributed by atoms with Crippen molar-refractivity contribution in [2.45, 2.75) is 40.0 Å². The van der Waals surface area contributed by atoms with Crippen LogP contribution in [-0.2, 0) is 6.42 Å². The standard InChI is InChI=1S/C18H24N4O/c1-4-6-11-19-18-20-13(3)12-16(22-18)17(23)21-15-9-7-14(5-2)8-10-15/h7-10,12H,4-6,11H2,1-3H3,(H,21,23)(H,19,20,22). The molecule has 0 fully saturated rings. The maximum Gasteiger partial charge on any atom is 0.274 e. The predicted molar refractivity (Wildman–Crippen MR) is 93.9 cm³/mol. The van der Waals surface area contributed by atoms with Crippen LogP contribution in [0.2, 0.25) is 0 Å². The molecule has 0 aliphatic carbocycles. The Kier molecular flexibility index (Phi) is 6.09. The first-order valence-corrected chi connectivity index (χ1v) is 8.12. The van der Waals surface area contributed by atoms with E-state index in [-0.39, 0.29) is 5.91 Å². The molecule has 0 unspecified atom stereocenters. The number of nitrogens with one attached hydrogen (secondary N) is 2. The van der Waals surface area contributed by atoms with Gasteiger partial charge in [-0.2, -0.15) is 0 Å². The second-order valence-electron chi connectivity index (χ2n) is 5.50. The van der Waals surface area contributed by atoms with E-state index in [1.807, 2.05) is 31.2 Å². The Bertz CT molecular complexity index is 653. The molecule has 0 spiro atoms. The monoisotopic (exact) mass is 312 g/mol. The first-order valence-electron chi connectivity index (χ1n) is 8.12. The van der Waals surface area contributed by atoms with Crippen LogP contribution in [0.3, 0.4) is 0 Å². The lowest BCUT2D eigenvalue weighted by Crippen LogP contribution is -2.16. The summed E-state index contributed by atoms with van der Waals surface area (Å²) in [6.07, 6.45) is 3.12. The first-order chi connectivity index (χ1) is 11.1. The van der Waals surface area contributed by atoms with Crippen molar-refractivity contribution in [1.82, 2.24) is 9.97 Å². The number of unbranched alkanes of at least 4 members (excludes halogenated alkanes) is 1. The molecule has 1 aromatic carbocycles. The molecule has 0 aliphatic rings. The SMILES string of the molecule is CCCCNc1nc(C)cc(C(=O)Nc2ccc(CC)cc2)n1. The van der Waals surface area contributed by atoms with Gasteiger partial charge in [0, 0.05) is 17.9 Å². The van der Waals surface area contributed by atoms with Gasteiger partial charge in [0.1, 0.15) is 5.69 Å². The minimum atomic E-state index is -0.224. The van der Waals surface area contributed by atoms with Crippen molar-refractivity contribution in [1.29, 1.82) is 0 Å². The molecular weight excluding hydrogens is 288 g/mol. The van der Waals surface area contributed by atoms with Crippen molar-refractivity contribution < 1.29 is 4.79 Å². The lowest BCUT2D eigenvalue weighted by molar-refractivity contribution is 0.102. The zero-order valence-electron chi connectivity index (χ0n) is 14.0. The summed E-state index contributed by atoms with van der Waals surface area (Å²) in [6, 6.07) is 9.54. The molecule has 0 bridgehead atoms. The number of aryl methyl sites for hydroxylation is 2. The van der Waals surface area contributed by atoms with Crippen LogP contribution in [0.4, 0.5) is 11.6 Å². The molecule has 1 heterocycles. The van der Waals surface area contributed by atoms with Crippen LogP contribution in [-0.4, -0.2) is 22.4 Å². The quantitative estimate of drug-likeness (QED) is 0.763. The maximum atomic E-state index is 12.4. The molecule has 0 saturated carbocycles. The molecule has 2 aromatic rings. The van der Waals surface area contributed by atoms with Gasteiger partial charge in [-0.15, -0.1) is 0 Å². The van der Waals surface area contributed by atoms with Gasteiger partial charge in [-0.25, -0.2) is 9.97 Å². The zero-order chi connectivity index (χ0) is 16.7. The van der Waals surface area contributed by atoms with E-state index in [0.29, 0.717) is 11.6 Å². The third-order valence-corrected chi connectivity index (χ3v) is 3.52. The van der Waals surface area contributed by atoms with Crippen molar-refractivity contribution in [2.75, 3.05) is 17.2 Å². The van der Waals surface area contributed by atoms with Crippen molar-refractivity contribution in [3.8, 4) is 0 Å². The van der Waals surface area contributed by atoms with E-state index in [4.69, 9.17) is 0 Å². The fraction of sp³-hybridized carbons (Fsp3) is 0.389. The molecule has 0 radical (unpaired) electrons. The summed E-state index contributed by atoms with van der Waals surface area (Å²) in [6.45, 7) is 6.89. The topological polar surface area (TPSA) is 66.9 Å². The molecule has 23 heavy (non-hydrogen) atoms. The number of carbonyl (C=O) groups is 1. The van der Waals surface area contributed by atoms with Crippen LogP contribution in [0.5, 0.6) is 0 Å². The number of rotatable bonds is 7. The Balaban J connectivity index is 2.08. The summed E-state index contributed by atoms with van der Waals surface area (Å²) in [5.74, 6) is 0.281. The summed E-state index contributed by atoms with van der Waals surface area (Å²) >= 11 is 0. The number of nitrogens with zero attached hydrogens (tertiary/aromatic N) is 2. The lowest BCUT2D eigenvalue weighted by Gasteiger charge is -2.09. The van der Waals surface area contributed by atoms with E-state index in [1.165, 1.54) is 5.56 Å². The minimum Gasteiger partial charge on any atom is -0.354 e. The van der Waals surface area contributed by atoms with E-state index < -0.39 is 0 Å². The van der Waals surface area contributed by atoms with E-state index in [2.05, 4.69) is 34.4 Å². The van der Waals surface area contributed by atoms with Gasteiger partial charge in [-0.1, -0.05) is 32.4 Å². The normalized spacial score (nSPS) is 10.4. The Morgan fingerprint density at radius 3 is 2.52 bits per heavy atom. The van der Waals surface area contributed by atoms with Crippen LogP contribution >= 0.6 is 0 Å². The molecule has 5 nitrogen and oxygen atoms in total. The van der Waals surface area contributed by atoms with Crippen LogP contribution in [0, 0.1) is 6.92 Å². The largest absolute Gasteiger partial charge is 0.354 e. The van der Waals surface area contributed by atoms with Crippen molar-refractivity contribution in [3.63, 3.8) is 0 Å². The van der Waals surface area contributed by atoms with E-state index in [0.717, 1.165) is 37.2 Å². The summed E-state index contributed by atoms with van der Waals surface area (Å²) in [7, 11) is 0. The van der Waals surface area contributed by atoms with Crippen LogP contribution in [0.25, 0.3) is 0 Å². The average Bonchev–Trinajstić information content (AvgIpc) is 2.55. The highest BCUT2D eigenvalue weighted by atomic mass is 16.1. The molecule has 5 heteroatoms. The fourth-order valence-corrected chi connectivity index (χ4v) is 2.16. The van der Waals surface area contributed by atoms with Gasteiger partial charge in [-0.3, -0.25) is 4.79 Å². The summed E-state index contributed by atoms with van der Waals surface area (Å²) < 4.78 is 0. The highest BCUT2D eigenvalue weighted by Crippen LogP contribution is 2.12. The summed E-state index contributed by atoms with van der Waals surface area (Å²) in [4.78, 5) is 21.0. The molecule has 1 amide bonds. The average molecular weight is 312 g/mol. The van der Waals surface area contributed by atoms with Crippen LogP contribution in [0.15, 0.2) is 30.3 Å². The van der Waals surface area contributed by atoms with Gasteiger partial charge in [0.05, 0.1) is 0 Å². The number of carbonyl (C=O) groups excluding carboxylic acids is 1. The molecule has 2 N–H and O–H groups in total. The molecule has 0 saturated heterocycles. The van der Waals surface area contributed by atoms with E-state index in [1.54, 1.807) is 6.07 Å². The van der Waals surface area contributed by atoms with Gasteiger partial charge < -0.3 is 10.6 Å². The van der Waals surface area contributed by atoms with Crippen LogP contribution in [0.1, 0.15) is 48.4 Å². The van der Waals surface area contributed by atoms with Gasteiger partial charge in [-0.05, 0) is 43.5 Å². The second kappa shape index (κ2) is 8.27. The molecule has 1 aromatic heterocycles. The number of hydrogen-bond acceptors (Lipinski definition) is 4. The Labute approximate surface area is 137 Å². The van der Waals surface area contributed by atoms with E-state index in [9.17, 15) is 4.79 Å². The zero-order valence-corrected chi connectivity index (χ0v) is 14.0. The number of hydrogen-bond donors (Lipinski definition) is 2. The van der Waals surface area contributed by atoms with Crippen molar-refractivity contribution >= 4 is 17.5 Å². The highest BCUT2D eigenvalue weighted by Gasteiger charge is 2.11. The molecule has 0 aliphatic heterocycles. The third kappa shape index (κ3) is 5.06. The Morgan fingerprint density at radius 2 is 1.87 bits per heavy atom. The summed E-state index contributed by atoms with van der Waals surface area (Å²) in [5, 5.41) is 6.03. The van der Waals surface area contributed by atoms with Crippen LogP contribution < -0.4 is 10.6 Å². The molecule has 2 rings (SSSR count). The third-order valence-electron chi connectivity index (χ3n) is 3.52. The smallest absolute Gasteiger partial charge is 0.274 e. The lowest BCUT2D eigenvalue weighted by atomic mass is 10.1. The first kappa shape index (κ1) is 16.9. The molecule has 122 valence electrons. The summed E-state index contributed by atoms with van der Waals surface area (Å²) in [5.41, 5.74) is 3.15. The number of amides is 1. The van der Waals surface area contributed by atoms with Crippen molar-refractivity contribution in [2.24, 2.45) is 0 Å². The second-order valence-corrected chi connectivity index (χ2v) is 5.50. The van der Waals surface area contributed by atoms with Gasteiger partial charge >= 0.3 is 0 Å². The molecular formula is C18H24N4O. The minimum absolute atomic E-state index is 0.224. The van der Waals surface area contributed by atoms with Crippen molar-refractivity contribution in [3.05, 3.63) is 47.3 Å². The van der Waals surface area contributed by atoms with Gasteiger partial charge in [0.2, 0.25) is 5.95 Å². The maximum absolute atomic E-state index is 12.4. The highest BCUT2D eigenvalue weighted by molar-refractivity contribution is 6.03. The van der Waals surface area contributed by atoms with Gasteiger partial charge in [0.15, 0.2) is 0 Å².